The number of carboxylic acids is 1. The second-order valence-electron chi connectivity index (χ2n) is 11.9. The Morgan fingerprint density at radius 1 is 0.714 bits per heavy atom. The fourth-order valence-electron chi connectivity index (χ4n) is 4.98. The smallest absolute Gasteiger partial charge is 0.303 e. The van der Waals surface area contributed by atoms with E-state index >= 15 is 0 Å². The van der Waals surface area contributed by atoms with Crippen LogP contribution in [0.3, 0.4) is 0 Å². The highest BCUT2D eigenvalue weighted by molar-refractivity contribution is 5.97. The summed E-state index contributed by atoms with van der Waals surface area (Å²) in [5, 5.41) is 28.5. The maximum Gasteiger partial charge on any atom is 0.303 e. The lowest BCUT2D eigenvalue weighted by Gasteiger charge is -2.30. The van der Waals surface area contributed by atoms with Gasteiger partial charge in [-0.1, -0.05) is 13.8 Å². The molecule has 276 valence electrons. The second-order valence-corrected chi connectivity index (χ2v) is 11.9. The summed E-state index contributed by atoms with van der Waals surface area (Å²) in [6.07, 6.45) is -1.40. The van der Waals surface area contributed by atoms with Crippen LogP contribution in [0.4, 0.5) is 0 Å². The molecular weight excluding hydrogens is 652 g/mol. The number of nitrogens with two attached hydrogens (primary N) is 4. The van der Waals surface area contributed by atoms with Crippen LogP contribution in [0.5, 0.6) is 0 Å². The maximum atomic E-state index is 13.5. The van der Waals surface area contributed by atoms with Gasteiger partial charge in [0, 0.05) is 25.8 Å². The van der Waals surface area contributed by atoms with E-state index in [9.17, 15) is 48.3 Å². The highest BCUT2D eigenvalue weighted by Gasteiger charge is 2.38. The summed E-state index contributed by atoms with van der Waals surface area (Å²) in [6.45, 7) is 2.45. The molecule has 0 aromatic carbocycles. The van der Waals surface area contributed by atoms with Crippen LogP contribution in [0.1, 0.15) is 65.2 Å². The lowest BCUT2D eigenvalue weighted by atomic mass is 10.0. The lowest BCUT2D eigenvalue weighted by molar-refractivity contribution is -0.142. The van der Waals surface area contributed by atoms with Crippen LogP contribution in [-0.4, -0.2) is 118 Å². The number of nitrogens with one attached hydrogen (secondary N) is 5. The van der Waals surface area contributed by atoms with E-state index in [0.717, 1.165) is 4.90 Å². The van der Waals surface area contributed by atoms with Crippen LogP contribution in [0.25, 0.3) is 0 Å². The number of aliphatic carboxylic acids is 1. The molecular formula is C28H48N10O11. The molecule has 0 aromatic rings. The zero-order valence-electron chi connectivity index (χ0n) is 27.4. The van der Waals surface area contributed by atoms with E-state index in [1.165, 1.54) is 0 Å². The van der Waals surface area contributed by atoms with Crippen molar-refractivity contribution in [2.75, 3.05) is 13.2 Å². The molecule has 0 aromatic heterocycles. The van der Waals surface area contributed by atoms with Crippen LogP contribution in [0, 0.1) is 5.92 Å². The Bertz CT molecular complexity index is 1250. The molecule has 6 atom stereocenters. The molecule has 1 aliphatic heterocycles. The van der Waals surface area contributed by atoms with E-state index in [2.05, 4.69) is 26.7 Å². The van der Waals surface area contributed by atoms with Gasteiger partial charge in [0.05, 0.1) is 6.61 Å². The van der Waals surface area contributed by atoms with Crippen LogP contribution in [0.2, 0.25) is 0 Å². The number of hydrogen-bond acceptors (Lipinski definition) is 12. The third kappa shape index (κ3) is 14.0. The minimum absolute atomic E-state index is 0.153. The molecule has 0 bridgehead atoms. The van der Waals surface area contributed by atoms with Gasteiger partial charge in [0.25, 0.3) is 0 Å². The van der Waals surface area contributed by atoms with E-state index in [1.54, 1.807) is 13.8 Å². The van der Waals surface area contributed by atoms with Crippen LogP contribution in [-0.2, 0) is 43.2 Å². The molecule has 1 aliphatic rings. The maximum absolute atomic E-state index is 13.5. The van der Waals surface area contributed by atoms with Gasteiger partial charge < -0.3 is 53.6 Å². The molecule has 1 rings (SSSR count). The highest BCUT2D eigenvalue weighted by atomic mass is 16.4. The van der Waals surface area contributed by atoms with Crippen LogP contribution >= 0.6 is 0 Å². The Hall–Kier alpha value is -4.89. The monoisotopic (exact) mass is 700 g/mol. The van der Waals surface area contributed by atoms with Gasteiger partial charge in [0.2, 0.25) is 47.3 Å². The number of aliphatic hydroxyl groups is 1. The van der Waals surface area contributed by atoms with Gasteiger partial charge in [-0.3, -0.25) is 49.0 Å². The van der Waals surface area contributed by atoms with Crippen molar-refractivity contribution in [3.05, 3.63) is 0 Å². The van der Waals surface area contributed by atoms with Crippen molar-refractivity contribution in [1.29, 1.82) is 0 Å². The Labute approximate surface area is 281 Å². The number of primary amides is 3. The number of likely N-dealkylation sites (tertiary alicyclic amines) is 1. The van der Waals surface area contributed by atoms with Crippen molar-refractivity contribution in [2.24, 2.45) is 29.0 Å². The predicted octanol–water partition coefficient (Wildman–Crippen LogP) is -5.72. The van der Waals surface area contributed by atoms with Gasteiger partial charge in [0.1, 0.15) is 36.3 Å². The van der Waals surface area contributed by atoms with Gasteiger partial charge in [0.15, 0.2) is 0 Å². The molecule has 49 heavy (non-hydrogen) atoms. The molecule has 0 saturated carbocycles. The number of hydrogen-bond donors (Lipinski definition) is 11. The lowest BCUT2D eigenvalue weighted by Crippen LogP contribution is -2.61. The van der Waals surface area contributed by atoms with Crippen molar-refractivity contribution in [3.63, 3.8) is 0 Å². The predicted molar refractivity (Wildman–Crippen MR) is 168 cm³/mol. The number of hydrazine groups is 1. The Morgan fingerprint density at radius 3 is 1.63 bits per heavy atom. The number of nitrogens with zero attached hydrogens (tertiary/aromatic N) is 1. The Balaban J connectivity index is 3.18. The summed E-state index contributed by atoms with van der Waals surface area (Å²) >= 11 is 0. The second kappa shape index (κ2) is 20.5. The molecule has 21 nitrogen and oxygen atoms in total. The normalized spacial score (nSPS) is 17.2. The summed E-state index contributed by atoms with van der Waals surface area (Å²) < 4.78 is 0. The molecule has 15 N–H and O–H groups in total. The topological polar surface area (TPSA) is 362 Å². The SMILES string of the molecule is CC(C)[C@H](NC(=O)[C@H](CCC(N)=O)NC(=O)[C@H](CCC(=O)O)NC(=O)[C@H](CCC(N)=O)NN)C(=O)N[C@@H](CO)C(=O)N1CCC[C@H]1C(N)=O. The first-order valence-corrected chi connectivity index (χ1v) is 15.6. The average molecular weight is 701 g/mol. The summed E-state index contributed by atoms with van der Waals surface area (Å²) in [6, 6.07) is -8.01. The van der Waals surface area contributed by atoms with Crippen molar-refractivity contribution < 1.29 is 53.4 Å². The van der Waals surface area contributed by atoms with Crippen LogP contribution in [0.15, 0.2) is 0 Å². The molecule has 1 fully saturated rings. The van der Waals surface area contributed by atoms with E-state index in [0.29, 0.717) is 12.8 Å². The number of amides is 8. The number of aliphatic hydroxyl groups excluding tert-OH is 1. The average Bonchev–Trinajstić information content (AvgIpc) is 3.52. The number of carbonyl (C=O) groups is 9. The molecule has 0 aliphatic carbocycles. The van der Waals surface area contributed by atoms with Gasteiger partial charge in [-0.15, -0.1) is 0 Å². The van der Waals surface area contributed by atoms with Gasteiger partial charge >= 0.3 is 5.97 Å². The first-order valence-electron chi connectivity index (χ1n) is 15.6. The fraction of sp³-hybridized carbons (Fsp3) is 0.679. The Kier molecular flexibility index (Phi) is 17.6. The summed E-state index contributed by atoms with van der Waals surface area (Å²) in [5.74, 6) is -3.40. The zero-order chi connectivity index (χ0) is 37.4. The van der Waals surface area contributed by atoms with Crippen molar-refractivity contribution in [2.45, 2.75) is 101 Å². The third-order valence-corrected chi connectivity index (χ3v) is 7.70. The van der Waals surface area contributed by atoms with E-state index in [-0.39, 0.29) is 25.8 Å². The first kappa shape index (κ1) is 42.1. The standard InChI is InChI=1S/C28H48N10O11/c1-13(2)22(27(48)35-17(12-39)28(49)38-11-3-4-18(38)23(31)44)36-25(46)14(5-8-19(29)40)33-24(45)15(7-10-21(42)43)34-26(47)16(37-32)6-9-20(30)41/h13-18,22,37,39H,3-12,32H2,1-2H3,(H2,29,40)(H2,30,41)(H2,31,44)(H,33,45)(H,34,47)(H,35,48)(H,36,46)(H,42,43)/t14-,15-,16-,17-,18-,22-/m0/s1. The number of carbonyl (C=O) groups excluding carboxylic acids is 8. The van der Waals surface area contributed by atoms with Gasteiger partial charge in [-0.05, 0) is 38.0 Å². The summed E-state index contributed by atoms with van der Waals surface area (Å²) in [4.78, 5) is 113. The molecule has 0 spiro atoms. The summed E-state index contributed by atoms with van der Waals surface area (Å²) in [5.41, 5.74) is 17.9. The first-order chi connectivity index (χ1) is 22.9. The zero-order valence-corrected chi connectivity index (χ0v) is 27.4. The van der Waals surface area contributed by atoms with Gasteiger partial charge in [-0.2, -0.15) is 0 Å². The fourth-order valence-corrected chi connectivity index (χ4v) is 4.98. The van der Waals surface area contributed by atoms with Crippen molar-refractivity contribution in [3.8, 4) is 0 Å². The van der Waals surface area contributed by atoms with Crippen LogP contribution < -0.4 is 49.7 Å². The quantitative estimate of drug-likeness (QED) is 0.0371. The highest BCUT2D eigenvalue weighted by Crippen LogP contribution is 2.18. The van der Waals surface area contributed by atoms with E-state index in [4.69, 9.17) is 28.2 Å². The van der Waals surface area contributed by atoms with E-state index < -0.39 is 121 Å². The Morgan fingerprint density at radius 2 is 1.18 bits per heavy atom. The van der Waals surface area contributed by atoms with Crippen molar-refractivity contribution >= 4 is 53.2 Å². The van der Waals surface area contributed by atoms with Gasteiger partial charge in [-0.25, -0.2) is 5.43 Å². The minimum atomic E-state index is -1.53. The minimum Gasteiger partial charge on any atom is -0.481 e. The van der Waals surface area contributed by atoms with E-state index in [1.807, 2.05) is 0 Å². The number of carboxylic acid groups (broad SMARTS) is 1. The van der Waals surface area contributed by atoms with Crippen molar-refractivity contribution in [1.82, 2.24) is 31.6 Å². The molecule has 21 heteroatoms. The largest absolute Gasteiger partial charge is 0.481 e. The molecule has 1 heterocycles. The molecule has 0 radical (unpaired) electrons. The molecule has 0 unspecified atom stereocenters. The summed E-state index contributed by atoms with van der Waals surface area (Å²) in [7, 11) is 0. The molecule has 8 amide bonds. The molecule has 1 saturated heterocycles. The third-order valence-electron chi connectivity index (χ3n) is 7.70. The number of rotatable bonds is 22.